The van der Waals surface area contributed by atoms with Crippen LogP contribution in [0.4, 0.5) is 0 Å². The Morgan fingerprint density at radius 2 is 1.62 bits per heavy atom. The van der Waals surface area contributed by atoms with Crippen molar-refractivity contribution in [2.45, 2.75) is 29.9 Å². The van der Waals surface area contributed by atoms with Crippen LogP contribution in [-0.4, -0.2) is 17.4 Å². The molecule has 2 bridgehead atoms. The Balaban J connectivity index is 1.79. The van der Waals surface area contributed by atoms with Crippen molar-refractivity contribution in [2.24, 2.45) is 0 Å². The van der Waals surface area contributed by atoms with Crippen molar-refractivity contribution in [2.75, 3.05) is 0 Å². The zero-order valence-corrected chi connectivity index (χ0v) is 16.8. The Bertz CT molecular complexity index is 1430. The fraction of sp³-hybridized carbons (Fsp3) is 0.174. The summed E-state index contributed by atoms with van der Waals surface area (Å²) in [6.45, 7) is 3.97. The summed E-state index contributed by atoms with van der Waals surface area (Å²) in [6.07, 6.45) is 3.57. The molecular formula is C23H18N2O3S. The summed E-state index contributed by atoms with van der Waals surface area (Å²) in [5, 5.41) is 0.891. The molecule has 6 heteroatoms. The van der Waals surface area contributed by atoms with Gasteiger partial charge in [0.25, 0.3) is 10.0 Å². The first-order chi connectivity index (χ1) is 13.9. The fourth-order valence-electron chi connectivity index (χ4n) is 5.14. The van der Waals surface area contributed by atoms with E-state index >= 15 is 0 Å². The molecule has 29 heavy (non-hydrogen) atoms. The number of ether oxygens (including phenoxy) is 1. The third-order valence-electron chi connectivity index (χ3n) is 6.30. The summed E-state index contributed by atoms with van der Waals surface area (Å²) in [4.78, 5) is 4.56. The lowest BCUT2D eigenvalue weighted by Gasteiger charge is -2.25. The predicted octanol–water partition coefficient (Wildman–Crippen LogP) is 4.14. The molecule has 2 aliphatic heterocycles. The number of hydrogen-bond donors (Lipinski definition) is 0. The minimum absolute atomic E-state index is 0.259. The molecule has 5 nitrogen and oxygen atoms in total. The van der Waals surface area contributed by atoms with Gasteiger partial charge in [0.2, 0.25) is 0 Å². The second-order valence-corrected chi connectivity index (χ2v) is 9.70. The van der Waals surface area contributed by atoms with E-state index in [-0.39, 0.29) is 4.90 Å². The van der Waals surface area contributed by atoms with E-state index in [0.29, 0.717) is 11.2 Å². The Morgan fingerprint density at radius 1 is 0.897 bits per heavy atom. The quantitative estimate of drug-likeness (QED) is 0.506. The van der Waals surface area contributed by atoms with Crippen molar-refractivity contribution in [1.82, 2.24) is 8.96 Å². The van der Waals surface area contributed by atoms with E-state index in [1.54, 1.807) is 30.5 Å². The number of hydrogen-bond acceptors (Lipinski definition) is 4. The van der Waals surface area contributed by atoms with E-state index < -0.39 is 21.2 Å². The van der Waals surface area contributed by atoms with Gasteiger partial charge in [-0.2, -0.15) is 0 Å². The molecule has 2 atom stereocenters. The molecule has 2 aromatic carbocycles. The van der Waals surface area contributed by atoms with Gasteiger partial charge in [0, 0.05) is 28.9 Å². The first-order valence-electron chi connectivity index (χ1n) is 9.49. The Kier molecular flexibility index (Phi) is 3.01. The molecule has 144 valence electrons. The van der Waals surface area contributed by atoms with Crippen LogP contribution < -0.4 is 0 Å². The van der Waals surface area contributed by atoms with E-state index in [9.17, 15) is 8.42 Å². The second-order valence-electron chi connectivity index (χ2n) is 7.91. The van der Waals surface area contributed by atoms with Gasteiger partial charge in [0.15, 0.2) is 0 Å². The van der Waals surface area contributed by atoms with Crippen LogP contribution in [0.15, 0.2) is 78.0 Å². The lowest BCUT2D eigenvalue weighted by molar-refractivity contribution is -0.0530. The smallest absolute Gasteiger partial charge is 0.268 e. The molecule has 2 unspecified atom stereocenters. The topological polar surface area (TPSA) is 61.2 Å². The van der Waals surface area contributed by atoms with Crippen molar-refractivity contribution < 1.29 is 13.2 Å². The highest BCUT2D eigenvalue weighted by Gasteiger charge is 2.62. The maximum absolute atomic E-state index is 13.8. The minimum Gasteiger partial charge on any atom is -0.348 e. The molecule has 0 fully saturated rings. The van der Waals surface area contributed by atoms with Gasteiger partial charge in [-0.1, -0.05) is 36.4 Å². The molecule has 0 radical (unpaired) electrons. The highest BCUT2D eigenvalue weighted by molar-refractivity contribution is 7.90. The largest absolute Gasteiger partial charge is 0.348 e. The molecule has 6 rings (SSSR count). The zero-order chi connectivity index (χ0) is 20.0. The van der Waals surface area contributed by atoms with E-state index in [1.165, 1.54) is 3.97 Å². The fourth-order valence-corrected chi connectivity index (χ4v) is 6.78. The molecule has 0 spiro atoms. The van der Waals surface area contributed by atoms with Gasteiger partial charge in [-0.15, -0.1) is 0 Å². The van der Waals surface area contributed by atoms with Gasteiger partial charge in [0.05, 0.1) is 16.1 Å². The van der Waals surface area contributed by atoms with Crippen LogP contribution in [0.2, 0.25) is 0 Å². The monoisotopic (exact) mass is 402 g/mol. The second kappa shape index (κ2) is 5.14. The number of nitrogens with zero attached hydrogens (tertiary/aromatic N) is 2. The zero-order valence-electron chi connectivity index (χ0n) is 16.0. The van der Waals surface area contributed by atoms with Crippen LogP contribution in [0.5, 0.6) is 0 Å². The molecule has 2 aliphatic rings. The molecule has 0 saturated carbocycles. The average Bonchev–Trinajstić information content (AvgIpc) is 3.30. The molecule has 0 saturated heterocycles. The molecule has 0 aliphatic carbocycles. The SMILES string of the molecule is CC12OC(C)(c3ccncc31)c1c2c2ccccc2n1S(=O)(=O)c1ccccc1. The highest BCUT2D eigenvalue weighted by Crippen LogP contribution is 2.63. The molecule has 2 aromatic heterocycles. The lowest BCUT2D eigenvalue weighted by atomic mass is 9.77. The number of aromatic nitrogens is 2. The Morgan fingerprint density at radius 3 is 2.41 bits per heavy atom. The maximum Gasteiger partial charge on any atom is 0.268 e. The summed E-state index contributed by atoms with van der Waals surface area (Å²) in [7, 11) is -3.82. The number of rotatable bonds is 2. The highest BCUT2D eigenvalue weighted by atomic mass is 32.2. The van der Waals surface area contributed by atoms with E-state index in [0.717, 1.165) is 22.1 Å². The van der Waals surface area contributed by atoms with Crippen LogP contribution >= 0.6 is 0 Å². The Hall–Kier alpha value is -2.96. The predicted molar refractivity (Wildman–Crippen MR) is 109 cm³/mol. The van der Waals surface area contributed by atoms with Gasteiger partial charge >= 0.3 is 0 Å². The standard InChI is InChI=1S/C23H18N2O3S/c1-22-18-14-24-13-12-17(18)23(2,28-22)21-20(22)16-10-6-7-11-19(16)25(21)29(26,27)15-8-4-3-5-9-15/h3-14H,1-2H3. The normalized spacial score (nSPS) is 24.6. The van der Waals surface area contributed by atoms with Gasteiger partial charge in [-0.3, -0.25) is 4.98 Å². The minimum atomic E-state index is -3.82. The van der Waals surface area contributed by atoms with Crippen molar-refractivity contribution in [3.63, 3.8) is 0 Å². The van der Waals surface area contributed by atoms with Crippen LogP contribution in [-0.2, 0) is 26.0 Å². The third-order valence-corrected chi connectivity index (χ3v) is 8.03. The summed E-state index contributed by atoms with van der Waals surface area (Å²) in [6, 6.07) is 18.1. The van der Waals surface area contributed by atoms with Crippen LogP contribution in [0.25, 0.3) is 10.9 Å². The molecule has 4 aromatic rings. The van der Waals surface area contributed by atoms with E-state index in [1.807, 2.05) is 56.4 Å². The summed E-state index contributed by atoms with van der Waals surface area (Å²) >= 11 is 0. The average molecular weight is 402 g/mol. The summed E-state index contributed by atoms with van der Waals surface area (Å²) in [5.74, 6) is 0. The maximum atomic E-state index is 13.8. The van der Waals surface area contributed by atoms with Crippen LogP contribution in [0, 0.1) is 0 Å². The number of para-hydroxylation sites is 1. The van der Waals surface area contributed by atoms with Gasteiger partial charge in [-0.05, 0) is 43.7 Å². The van der Waals surface area contributed by atoms with Gasteiger partial charge in [-0.25, -0.2) is 12.4 Å². The lowest BCUT2D eigenvalue weighted by Crippen LogP contribution is -2.28. The van der Waals surface area contributed by atoms with Gasteiger partial charge < -0.3 is 4.74 Å². The number of fused-ring (bicyclic) bond motifs is 10. The van der Waals surface area contributed by atoms with Crippen molar-refractivity contribution in [3.8, 4) is 0 Å². The molecule has 0 amide bonds. The van der Waals surface area contributed by atoms with Crippen LogP contribution in [0.3, 0.4) is 0 Å². The van der Waals surface area contributed by atoms with E-state index in [2.05, 4.69) is 4.98 Å². The first-order valence-corrected chi connectivity index (χ1v) is 10.9. The van der Waals surface area contributed by atoms with Crippen molar-refractivity contribution in [3.05, 3.63) is 95.4 Å². The first kappa shape index (κ1) is 16.9. The molecule has 4 heterocycles. The van der Waals surface area contributed by atoms with Gasteiger partial charge in [0.1, 0.15) is 11.2 Å². The third kappa shape index (κ3) is 1.84. The van der Waals surface area contributed by atoms with Crippen molar-refractivity contribution in [1.29, 1.82) is 0 Å². The molecular weight excluding hydrogens is 384 g/mol. The number of benzene rings is 2. The number of pyridine rings is 1. The summed E-state index contributed by atoms with van der Waals surface area (Å²) < 4.78 is 35.7. The molecule has 0 N–H and O–H groups in total. The van der Waals surface area contributed by atoms with Crippen molar-refractivity contribution >= 4 is 20.9 Å². The van der Waals surface area contributed by atoms with Crippen LogP contribution in [0.1, 0.15) is 36.2 Å². The summed E-state index contributed by atoms with van der Waals surface area (Å²) in [5.41, 5.74) is 2.61. The van der Waals surface area contributed by atoms with E-state index in [4.69, 9.17) is 4.74 Å². The Labute approximate surface area is 168 Å².